The molecule has 2 aromatic carbocycles. The topological polar surface area (TPSA) is 91.6 Å². The van der Waals surface area contributed by atoms with Crippen molar-refractivity contribution in [3.8, 4) is 0 Å². The highest BCUT2D eigenvalue weighted by Gasteiger charge is 2.27. The second kappa shape index (κ2) is 8.23. The van der Waals surface area contributed by atoms with Crippen LogP contribution in [0.2, 0.25) is 0 Å². The van der Waals surface area contributed by atoms with Crippen molar-refractivity contribution in [1.82, 2.24) is 24.8 Å². The van der Waals surface area contributed by atoms with Crippen molar-refractivity contribution in [1.29, 1.82) is 0 Å². The third-order valence-electron chi connectivity index (χ3n) is 6.85. The molecule has 8 nitrogen and oxygen atoms in total. The normalized spacial score (nSPS) is 14.7. The van der Waals surface area contributed by atoms with Gasteiger partial charge in [0.2, 0.25) is 0 Å². The van der Waals surface area contributed by atoms with E-state index in [0.29, 0.717) is 36.1 Å². The fraction of sp³-hybridized carbons (Fsp3) is 0.259. The van der Waals surface area contributed by atoms with E-state index < -0.39 is 0 Å². The van der Waals surface area contributed by atoms with E-state index in [9.17, 15) is 9.59 Å². The average molecular weight is 467 g/mol. The summed E-state index contributed by atoms with van der Waals surface area (Å²) in [5.74, 6) is 0.496. The van der Waals surface area contributed by atoms with Crippen LogP contribution in [0.1, 0.15) is 55.8 Å². The Morgan fingerprint density at radius 3 is 2.49 bits per heavy atom. The van der Waals surface area contributed by atoms with Gasteiger partial charge in [-0.3, -0.25) is 9.59 Å². The van der Waals surface area contributed by atoms with Crippen LogP contribution in [0.5, 0.6) is 0 Å². The van der Waals surface area contributed by atoms with E-state index in [2.05, 4.69) is 32.8 Å². The molecule has 2 aromatic heterocycles. The monoisotopic (exact) mass is 466 g/mol. The first kappa shape index (κ1) is 21.3. The zero-order valence-corrected chi connectivity index (χ0v) is 19.7. The number of benzene rings is 2. The molecule has 0 atom stereocenters. The molecule has 1 saturated carbocycles. The number of hydrogen-bond donors (Lipinski definition) is 2. The first-order valence-electron chi connectivity index (χ1n) is 11.9. The van der Waals surface area contributed by atoms with Crippen molar-refractivity contribution >= 4 is 28.8 Å². The Morgan fingerprint density at radius 2 is 1.77 bits per heavy atom. The molecule has 8 heteroatoms. The standard InChI is InChI=1S/C27H26N6O2/c1-16-7-8-18(26(34)30-21-9-10-21)11-23(16)31-25-24-17(2)22(14-33(24)29-15-28-25)27(35)32-12-19-5-3-4-6-20(19)13-32/h3-8,11,14-15,21H,9-10,12-13H2,1-2H3,(H,30,34)(H,28,29,31). The van der Waals surface area contributed by atoms with Crippen LogP contribution in [0.4, 0.5) is 11.5 Å². The molecule has 176 valence electrons. The van der Waals surface area contributed by atoms with Gasteiger partial charge in [-0.05, 0) is 61.1 Å². The summed E-state index contributed by atoms with van der Waals surface area (Å²) in [6.07, 6.45) is 5.32. The number of amides is 2. The van der Waals surface area contributed by atoms with Gasteiger partial charge in [0.1, 0.15) is 11.8 Å². The summed E-state index contributed by atoms with van der Waals surface area (Å²) >= 11 is 0. The highest BCUT2D eigenvalue weighted by Crippen LogP contribution is 2.30. The van der Waals surface area contributed by atoms with Gasteiger partial charge in [0.05, 0.1) is 5.56 Å². The van der Waals surface area contributed by atoms with Crippen molar-refractivity contribution in [2.75, 3.05) is 5.32 Å². The van der Waals surface area contributed by atoms with Crippen LogP contribution in [-0.4, -0.2) is 37.4 Å². The SMILES string of the molecule is Cc1ccc(C(=O)NC2CC2)cc1Nc1ncnn2cc(C(=O)N3Cc4ccccc4C3)c(C)c12. The van der Waals surface area contributed by atoms with Gasteiger partial charge in [0.25, 0.3) is 11.8 Å². The van der Waals surface area contributed by atoms with Gasteiger partial charge in [0.15, 0.2) is 5.82 Å². The highest BCUT2D eigenvalue weighted by atomic mass is 16.2. The van der Waals surface area contributed by atoms with E-state index in [1.165, 1.54) is 17.5 Å². The smallest absolute Gasteiger partial charge is 0.256 e. The van der Waals surface area contributed by atoms with Crippen molar-refractivity contribution < 1.29 is 9.59 Å². The number of fused-ring (bicyclic) bond motifs is 2. The molecule has 35 heavy (non-hydrogen) atoms. The van der Waals surface area contributed by atoms with E-state index in [1.54, 1.807) is 10.7 Å². The molecule has 1 fully saturated rings. The molecule has 0 bridgehead atoms. The maximum absolute atomic E-state index is 13.4. The van der Waals surface area contributed by atoms with Crippen molar-refractivity contribution in [2.45, 2.75) is 45.8 Å². The van der Waals surface area contributed by atoms with Crippen LogP contribution in [0, 0.1) is 13.8 Å². The first-order valence-corrected chi connectivity index (χ1v) is 11.9. The van der Waals surface area contributed by atoms with Crippen LogP contribution in [0.3, 0.4) is 0 Å². The lowest BCUT2D eigenvalue weighted by atomic mass is 10.1. The number of aryl methyl sites for hydroxylation is 2. The van der Waals surface area contributed by atoms with Gasteiger partial charge in [-0.15, -0.1) is 0 Å². The number of carbonyl (C=O) groups is 2. The molecule has 0 unspecified atom stereocenters. The second-order valence-electron chi connectivity index (χ2n) is 9.40. The quantitative estimate of drug-likeness (QED) is 0.461. The lowest BCUT2D eigenvalue weighted by Gasteiger charge is -2.15. The zero-order valence-electron chi connectivity index (χ0n) is 19.7. The summed E-state index contributed by atoms with van der Waals surface area (Å²) in [4.78, 5) is 32.3. The number of rotatable bonds is 5. The number of anilines is 2. The predicted molar refractivity (Wildman–Crippen MR) is 133 cm³/mol. The number of hydrogen-bond acceptors (Lipinski definition) is 5. The van der Waals surface area contributed by atoms with Crippen molar-refractivity contribution in [3.63, 3.8) is 0 Å². The van der Waals surface area contributed by atoms with E-state index in [4.69, 9.17) is 0 Å². The van der Waals surface area contributed by atoms with Crippen LogP contribution < -0.4 is 10.6 Å². The summed E-state index contributed by atoms with van der Waals surface area (Å²) in [7, 11) is 0. The molecule has 4 aromatic rings. The third-order valence-corrected chi connectivity index (χ3v) is 6.85. The average Bonchev–Trinajstić information content (AvgIpc) is 3.45. The minimum atomic E-state index is -0.0678. The van der Waals surface area contributed by atoms with Crippen molar-refractivity contribution in [3.05, 3.63) is 88.4 Å². The number of nitrogens with zero attached hydrogens (tertiary/aromatic N) is 4. The fourth-order valence-electron chi connectivity index (χ4n) is 4.64. The third kappa shape index (κ3) is 3.90. The molecule has 3 heterocycles. The Balaban J connectivity index is 1.31. The predicted octanol–water partition coefficient (Wildman–Crippen LogP) is 4.14. The Labute approximate surface area is 203 Å². The molecule has 2 aliphatic rings. The summed E-state index contributed by atoms with van der Waals surface area (Å²) in [5, 5.41) is 10.8. The van der Waals surface area contributed by atoms with E-state index in [0.717, 1.165) is 35.2 Å². The van der Waals surface area contributed by atoms with Crippen LogP contribution >= 0.6 is 0 Å². The summed E-state index contributed by atoms with van der Waals surface area (Å²) in [5.41, 5.74) is 6.91. The van der Waals surface area contributed by atoms with E-state index >= 15 is 0 Å². The molecule has 6 rings (SSSR count). The van der Waals surface area contributed by atoms with Gasteiger partial charge in [-0.25, -0.2) is 9.50 Å². The molecule has 0 spiro atoms. The molecule has 0 radical (unpaired) electrons. The number of carbonyl (C=O) groups excluding carboxylic acids is 2. The Kier molecular flexibility index (Phi) is 5.02. The molecule has 0 saturated heterocycles. The lowest BCUT2D eigenvalue weighted by Crippen LogP contribution is -2.25. The van der Waals surface area contributed by atoms with Gasteiger partial charge >= 0.3 is 0 Å². The first-order chi connectivity index (χ1) is 17.0. The van der Waals surface area contributed by atoms with Gasteiger partial charge < -0.3 is 15.5 Å². The molecule has 1 aliphatic carbocycles. The summed E-state index contributed by atoms with van der Waals surface area (Å²) < 4.78 is 1.69. The van der Waals surface area contributed by atoms with Gasteiger partial charge in [0, 0.05) is 36.6 Å². The largest absolute Gasteiger partial charge is 0.349 e. The van der Waals surface area contributed by atoms with Crippen molar-refractivity contribution in [2.24, 2.45) is 0 Å². The molecule has 2 amide bonds. The Morgan fingerprint density at radius 1 is 1.03 bits per heavy atom. The molecular formula is C27H26N6O2. The maximum Gasteiger partial charge on any atom is 0.256 e. The second-order valence-corrected chi connectivity index (χ2v) is 9.40. The Bertz CT molecular complexity index is 1460. The van der Waals surface area contributed by atoms with E-state index in [-0.39, 0.29) is 11.8 Å². The van der Waals surface area contributed by atoms with Gasteiger partial charge in [-0.2, -0.15) is 5.10 Å². The lowest BCUT2D eigenvalue weighted by molar-refractivity contribution is 0.0750. The zero-order chi connectivity index (χ0) is 24.1. The maximum atomic E-state index is 13.4. The van der Waals surface area contributed by atoms with Crippen LogP contribution in [-0.2, 0) is 13.1 Å². The molecule has 2 N–H and O–H groups in total. The number of nitrogens with one attached hydrogen (secondary N) is 2. The van der Waals surface area contributed by atoms with Gasteiger partial charge in [-0.1, -0.05) is 30.3 Å². The molecule has 1 aliphatic heterocycles. The summed E-state index contributed by atoms with van der Waals surface area (Å²) in [6, 6.07) is 14.0. The number of aromatic nitrogens is 3. The fourth-order valence-corrected chi connectivity index (χ4v) is 4.64. The molecular weight excluding hydrogens is 440 g/mol. The highest BCUT2D eigenvalue weighted by molar-refractivity contribution is 6.00. The summed E-state index contributed by atoms with van der Waals surface area (Å²) in [6.45, 7) is 5.11. The van der Waals surface area contributed by atoms with E-state index in [1.807, 2.05) is 49.1 Å². The van der Waals surface area contributed by atoms with Crippen LogP contribution in [0.15, 0.2) is 55.0 Å². The Hall–Kier alpha value is -4.20. The minimum absolute atomic E-state index is 0.0231. The minimum Gasteiger partial charge on any atom is -0.349 e. The van der Waals surface area contributed by atoms with Crippen LogP contribution in [0.25, 0.3) is 5.52 Å².